The first kappa shape index (κ1) is 12.0. The molecule has 6 nitrogen and oxygen atoms in total. The van der Waals surface area contributed by atoms with Gasteiger partial charge in [-0.15, -0.1) is 0 Å². The van der Waals surface area contributed by atoms with Gasteiger partial charge < -0.3 is 14.0 Å². The largest absolute Gasteiger partial charge is 0.750 e. The number of fused-ring (bicyclic) bond motifs is 2. The predicted molar refractivity (Wildman–Crippen MR) is 51.7 cm³/mol. The summed E-state index contributed by atoms with van der Waals surface area (Å²) in [4.78, 5) is 11.4. The third kappa shape index (κ3) is 1.88. The maximum atomic E-state index is 11.4. The average molecular weight is 249 g/mol. The Hall–Kier alpha value is -0.500. The molecule has 2 rings (SSSR count). The van der Waals surface area contributed by atoms with Gasteiger partial charge in [0, 0.05) is 5.92 Å². The van der Waals surface area contributed by atoms with E-state index in [1.54, 1.807) is 0 Å². The van der Waals surface area contributed by atoms with Gasteiger partial charge in [0.15, 0.2) is 0 Å². The number of rotatable bonds is 3. The van der Waals surface area contributed by atoms with Gasteiger partial charge in [-0.3, -0.25) is 8.98 Å². The number of methoxy groups -OCH3 is 1. The Kier molecular flexibility index (Phi) is 3.29. The smallest absolute Gasteiger partial charge is 0.311 e. The average Bonchev–Trinajstić information content (AvgIpc) is 2.77. The summed E-state index contributed by atoms with van der Waals surface area (Å²) in [6.45, 7) is 1.82. The van der Waals surface area contributed by atoms with Crippen molar-refractivity contribution in [3.8, 4) is 0 Å². The lowest BCUT2D eigenvalue weighted by molar-refractivity contribution is -0.148. The lowest BCUT2D eigenvalue weighted by atomic mass is 9.80. The van der Waals surface area contributed by atoms with Crippen LogP contribution >= 0.6 is 0 Å². The van der Waals surface area contributed by atoms with Crippen molar-refractivity contribution in [2.75, 3.05) is 7.11 Å². The Morgan fingerprint density at radius 2 is 2.25 bits per heavy atom. The molecular weight excluding hydrogens is 236 g/mol. The maximum Gasteiger partial charge on any atom is 0.311 e. The lowest BCUT2D eigenvalue weighted by Gasteiger charge is -2.28. The minimum absolute atomic E-state index is 0.124. The molecule has 2 aliphatic heterocycles. The third-order valence-electron chi connectivity index (χ3n) is 3.31. The van der Waals surface area contributed by atoms with Gasteiger partial charge in [0.05, 0.1) is 36.6 Å². The van der Waals surface area contributed by atoms with E-state index >= 15 is 0 Å². The van der Waals surface area contributed by atoms with Crippen LogP contribution in [0.1, 0.15) is 13.3 Å². The van der Waals surface area contributed by atoms with Crippen molar-refractivity contribution in [1.82, 2.24) is 0 Å². The predicted octanol–water partition coefficient (Wildman–Crippen LogP) is -0.238. The van der Waals surface area contributed by atoms with Gasteiger partial charge >= 0.3 is 5.97 Å². The zero-order valence-electron chi connectivity index (χ0n) is 8.95. The van der Waals surface area contributed by atoms with E-state index in [0.29, 0.717) is 6.42 Å². The molecule has 2 heterocycles. The number of carbonyl (C=O) groups is 1. The first-order chi connectivity index (χ1) is 7.54. The molecule has 0 N–H and O–H groups in total. The van der Waals surface area contributed by atoms with Gasteiger partial charge in [-0.25, -0.2) is 4.21 Å². The van der Waals surface area contributed by atoms with Crippen LogP contribution in [0, 0.1) is 11.8 Å². The van der Waals surface area contributed by atoms with E-state index in [-0.39, 0.29) is 30.0 Å². The maximum absolute atomic E-state index is 11.4. The second-order valence-corrected chi connectivity index (χ2v) is 4.73. The summed E-state index contributed by atoms with van der Waals surface area (Å²) >= 11 is -2.55. The molecule has 0 saturated carbocycles. The molecule has 16 heavy (non-hydrogen) atoms. The Balaban J connectivity index is 2.05. The molecule has 2 fully saturated rings. The van der Waals surface area contributed by atoms with Crippen LogP contribution in [-0.2, 0) is 29.8 Å². The van der Waals surface area contributed by atoms with E-state index in [2.05, 4.69) is 4.74 Å². The van der Waals surface area contributed by atoms with Crippen molar-refractivity contribution in [2.45, 2.75) is 31.7 Å². The molecular formula is C9H13O6S-. The molecule has 7 heteroatoms. The summed E-state index contributed by atoms with van der Waals surface area (Å²) in [6.07, 6.45) is -0.652. The number of hydrogen-bond donors (Lipinski definition) is 0. The van der Waals surface area contributed by atoms with E-state index in [4.69, 9.17) is 8.92 Å². The summed E-state index contributed by atoms with van der Waals surface area (Å²) in [5, 5.41) is 0. The number of carbonyl (C=O) groups excluding carboxylic acids is 1. The Morgan fingerprint density at radius 3 is 2.75 bits per heavy atom. The van der Waals surface area contributed by atoms with E-state index in [9.17, 15) is 13.6 Å². The second kappa shape index (κ2) is 4.40. The van der Waals surface area contributed by atoms with Crippen LogP contribution in [0.15, 0.2) is 0 Å². The molecule has 92 valence electrons. The number of hydrogen-bond acceptors (Lipinski definition) is 6. The summed E-state index contributed by atoms with van der Waals surface area (Å²) < 4.78 is 35.9. The summed E-state index contributed by atoms with van der Waals surface area (Å²) in [5.41, 5.74) is 0. The van der Waals surface area contributed by atoms with Crippen molar-refractivity contribution in [1.29, 1.82) is 0 Å². The minimum atomic E-state index is -2.55. The summed E-state index contributed by atoms with van der Waals surface area (Å²) in [7, 11) is 1.33. The molecule has 0 amide bonds. The van der Waals surface area contributed by atoms with Crippen LogP contribution in [-0.4, -0.2) is 40.2 Å². The van der Waals surface area contributed by atoms with Gasteiger partial charge in [-0.2, -0.15) is 0 Å². The topological polar surface area (TPSA) is 84.9 Å². The molecule has 6 unspecified atom stereocenters. The Bertz CT molecular complexity index is 317. The highest BCUT2D eigenvalue weighted by Gasteiger charge is 2.55. The zero-order valence-corrected chi connectivity index (χ0v) is 9.77. The highest BCUT2D eigenvalue weighted by Crippen LogP contribution is 2.44. The Morgan fingerprint density at radius 1 is 1.56 bits per heavy atom. The van der Waals surface area contributed by atoms with Crippen LogP contribution in [0.5, 0.6) is 0 Å². The van der Waals surface area contributed by atoms with E-state index in [1.807, 2.05) is 6.92 Å². The molecule has 0 radical (unpaired) electrons. The van der Waals surface area contributed by atoms with E-state index in [1.165, 1.54) is 7.11 Å². The highest BCUT2D eigenvalue weighted by molar-refractivity contribution is 7.74. The molecule has 2 aliphatic rings. The molecule has 0 aromatic heterocycles. The van der Waals surface area contributed by atoms with Crippen molar-refractivity contribution >= 4 is 17.3 Å². The minimum Gasteiger partial charge on any atom is -0.750 e. The monoisotopic (exact) mass is 249 g/mol. The van der Waals surface area contributed by atoms with E-state index < -0.39 is 17.5 Å². The zero-order chi connectivity index (χ0) is 11.9. The van der Waals surface area contributed by atoms with E-state index in [0.717, 1.165) is 0 Å². The van der Waals surface area contributed by atoms with Gasteiger partial charge in [-0.1, -0.05) is 6.92 Å². The van der Waals surface area contributed by atoms with Gasteiger partial charge in [0.25, 0.3) is 0 Å². The van der Waals surface area contributed by atoms with Gasteiger partial charge in [0.1, 0.15) is 6.10 Å². The van der Waals surface area contributed by atoms with Crippen LogP contribution in [0.25, 0.3) is 0 Å². The third-order valence-corrected chi connectivity index (χ3v) is 3.69. The molecule has 0 spiro atoms. The number of esters is 1. The first-order valence-electron chi connectivity index (χ1n) is 5.04. The fourth-order valence-corrected chi connectivity index (χ4v) is 3.07. The Labute approximate surface area is 95.7 Å². The molecule has 0 aliphatic carbocycles. The van der Waals surface area contributed by atoms with Crippen LogP contribution in [0.4, 0.5) is 0 Å². The normalized spacial score (nSPS) is 43.3. The fourth-order valence-electron chi connectivity index (χ4n) is 2.59. The fraction of sp³-hybridized carbons (Fsp3) is 0.889. The SMILES string of the molecule is COC(=O)C1CC2OC1C(C)C2OS(=O)[O-]. The first-order valence-corrected chi connectivity index (χ1v) is 6.04. The second-order valence-electron chi connectivity index (χ2n) is 4.13. The molecule has 2 bridgehead atoms. The van der Waals surface area contributed by atoms with Crippen LogP contribution < -0.4 is 0 Å². The molecule has 0 aromatic rings. The van der Waals surface area contributed by atoms with Crippen molar-refractivity contribution in [3.63, 3.8) is 0 Å². The van der Waals surface area contributed by atoms with Crippen LogP contribution in [0.3, 0.4) is 0 Å². The molecule has 2 saturated heterocycles. The summed E-state index contributed by atoms with van der Waals surface area (Å²) in [5.74, 6) is -0.730. The number of ether oxygens (including phenoxy) is 2. The molecule has 6 atom stereocenters. The van der Waals surface area contributed by atoms with Crippen molar-refractivity contribution in [3.05, 3.63) is 0 Å². The lowest BCUT2D eigenvalue weighted by Crippen LogP contribution is -2.40. The van der Waals surface area contributed by atoms with Crippen molar-refractivity contribution in [2.24, 2.45) is 11.8 Å². The van der Waals surface area contributed by atoms with Crippen LogP contribution in [0.2, 0.25) is 0 Å². The van der Waals surface area contributed by atoms with Crippen molar-refractivity contribution < 1.29 is 27.2 Å². The molecule has 0 aromatic carbocycles. The summed E-state index contributed by atoms with van der Waals surface area (Å²) in [6, 6.07) is 0. The highest BCUT2D eigenvalue weighted by atomic mass is 32.2. The van der Waals surface area contributed by atoms with Gasteiger partial charge in [-0.05, 0) is 6.42 Å². The van der Waals surface area contributed by atoms with Gasteiger partial charge in [0.2, 0.25) is 0 Å². The quantitative estimate of drug-likeness (QED) is 0.507. The standard InChI is InChI=1S/C9H14O6S/c1-4-7-5(9(10)13-2)3-6(14-7)8(4)15-16(11)12/h4-8H,3H2,1-2H3,(H,11,12)/p-1.